The van der Waals surface area contributed by atoms with Crippen LogP contribution in [0.15, 0.2) is 52.2 Å². The lowest BCUT2D eigenvalue weighted by atomic mass is 10.2. The van der Waals surface area contributed by atoms with Gasteiger partial charge in [-0.1, -0.05) is 17.7 Å². The molecule has 1 atom stereocenters. The highest BCUT2D eigenvalue weighted by molar-refractivity contribution is 8.00. The van der Waals surface area contributed by atoms with Gasteiger partial charge in [-0.15, -0.1) is 11.8 Å². The van der Waals surface area contributed by atoms with Crippen LogP contribution in [0.1, 0.15) is 18.1 Å². The maximum Gasteiger partial charge on any atom is 0.233 e. The molecule has 1 N–H and O–H groups in total. The molecule has 0 spiro atoms. The van der Waals surface area contributed by atoms with Gasteiger partial charge in [0.25, 0.3) is 0 Å². The Morgan fingerprint density at radius 3 is 2.68 bits per heavy atom. The summed E-state index contributed by atoms with van der Waals surface area (Å²) in [5, 5.41) is 2.78. The number of carbonyl (C=O) groups is 1. The van der Waals surface area contributed by atoms with E-state index in [2.05, 4.69) is 24.4 Å². The van der Waals surface area contributed by atoms with E-state index in [9.17, 15) is 4.79 Å². The third-order valence-corrected chi connectivity index (χ3v) is 3.86. The monoisotopic (exact) mass is 275 g/mol. The predicted molar refractivity (Wildman–Crippen MR) is 77.1 cm³/mol. The Kier molecular flexibility index (Phi) is 4.68. The molecule has 0 saturated carbocycles. The summed E-state index contributed by atoms with van der Waals surface area (Å²) in [5.41, 5.74) is 2.20. The van der Waals surface area contributed by atoms with Crippen LogP contribution in [0.4, 0.5) is 0 Å². The molecule has 1 heterocycles. The van der Waals surface area contributed by atoms with E-state index < -0.39 is 0 Å². The van der Waals surface area contributed by atoms with Crippen LogP contribution < -0.4 is 5.32 Å². The zero-order chi connectivity index (χ0) is 13.7. The summed E-state index contributed by atoms with van der Waals surface area (Å²) in [7, 11) is 0. The number of hydrogen-bond acceptors (Lipinski definition) is 3. The van der Waals surface area contributed by atoms with Crippen molar-refractivity contribution in [3.8, 4) is 0 Å². The Hall–Kier alpha value is -1.68. The number of hydrogen-bond donors (Lipinski definition) is 1. The second-order valence-electron chi connectivity index (χ2n) is 4.42. The van der Waals surface area contributed by atoms with Gasteiger partial charge >= 0.3 is 0 Å². The van der Waals surface area contributed by atoms with Crippen LogP contribution in [0.5, 0.6) is 0 Å². The first-order valence-corrected chi connectivity index (χ1v) is 7.05. The summed E-state index contributed by atoms with van der Waals surface area (Å²) >= 11 is 1.56. The van der Waals surface area contributed by atoms with E-state index in [-0.39, 0.29) is 11.2 Å². The number of thioether (sulfide) groups is 1. The van der Waals surface area contributed by atoms with Crippen molar-refractivity contribution >= 4 is 17.7 Å². The van der Waals surface area contributed by atoms with E-state index in [1.807, 2.05) is 25.1 Å². The van der Waals surface area contributed by atoms with Crippen molar-refractivity contribution in [2.24, 2.45) is 0 Å². The SMILES string of the molecule is Cc1ccc(SC(C)C(=O)NCc2ccoc2)cc1. The van der Waals surface area contributed by atoms with Crippen molar-refractivity contribution in [2.45, 2.75) is 30.5 Å². The minimum Gasteiger partial charge on any atom is -0.472 e. The Labute approximate surface area is 117 Å². The zero-order valence-corrected chi connectivity index (χ0v) is 11.9. The minimum absolute atomic E-state index is 0.0341. The predicted octanol–water partition coefficient (Wildman–Crippen LogP) is 3.39. The van der Waals surface area contributed by atoms with Crippen molar-refractivity contribution in [1.82, 2.24) is 5.32 Å². The average Bonchev–Trinajstić information content (AvgIpc) is 2.91. The zero-order valence-electron chi connectivity index (χ0n) is 11.1. The molecular weight excluding hydrogens is 258 g/mol. The van der Waals surface area contributed by atoms with Gasteiger partial charge in [0.05, 0.1) is 17.8 Å². The fourth-order valence-electron chi connectivity index (χ4n) is 1.60. The molecule has 0 saturated heterocycles. The van der Waals surface area contributed by atoms with Crippen LogP contribution in [-0.2, 0) is 11.3 Å². The van der Waals surface area contributed by atoms with E-state index in [1.54, 1.807) is 24.3 Å². The fourth-order valence-corrected chi connectivity index (χ4v) is 2.49. The lowest BCUT2D eigenvalue weighted by Gasteiger charge is -2.11. The van der Waals surface area contributed by atoms with Crippen molar-refractivity contribution in [2.75, 3.05) is 0 Å². The van der Waals surface area contributed by atoms with Crippen LogP contribution in [0, 0.1) is 6.92 Å². The van der Waals surface area contributed by atoms with Gasteiger partial charge in [-0.2, -0.15) is 0 Å². The maximum atomic E-state index is 11.9. The molecule has 0 aliphatic heterocycles. The first-order valence-electron chi connectivity index (χ1n) is 6.17. The van der Waals surface area contributed by atoms with Crippen molar-refractivity contribution in [3.05, 3.63) is 54.0 Å². The molecule has 4 heteroatoms. The van der Waals surface area contributed by atoms with Gasteiger partial charge in [0.2, 0.25) is 5.91 Å². The number of nitrogens with one attached hydrogen (secondary N) is 1. The molecule has 19 heavy (non-hydrogen) atoms. The van der Waals surface area contributed by atoms with Crippen LogP contribution in [0.2, 0.25) is 0 Å². The van der Waals surface area contributed by atoms with Gasteiger partial charge < -0.3 is 9.73 Å². The van der Waals surface area contributed by atoms with E-state index in [4.69, 9.17) is 4.42 Å². The van der Waals surface area contributed by atoms with Crippen molar-refractivity contribution in [1.29, 1.82) is 0 Å². The number of furan rings is 1. The summed E-state index contributed by atoms with van der Waals surface area (Å²) in [4.78, 5) is 13.1. The first-order chi connectivity index (χ1) is 9.15. The lowest BCUT2D eigenvalue weighted by Crippen LogP contribution is -2.30. The number of carbonyl (C=O) groups excluding carboxylic acids is 1. The molecular formula is C15H17NO2S. The second-order valence-corrected chi connectivity index (χ2v) is 5.84. The summed E-state index contributed by atoms with van der Waals surface area (Å²) < 4.78 is 4.96. The number of rotatable bonds is 5. The highest BCUT2D eigenvalue weighted by Gasteiger charge is 2.13. The van der Waals surface area contributed by atoms with Crippen LogP contribution in [0.25, 0.3) is 0 Å². The molecule has 100 valence electrons. The van der Waals surface area contributed by atoms with E-state index >= 15 is 0 Å². The summed E-state index contributed by atoms with van der Waals surface area (Å²) in [6, 6.07) is 10.0. The molecule has 0 radical (unpaired) electrons. The van der Waals surface area contributed by atoms with Crippen LogP contribution in [0.3, 0.4) is 0 Å². The quantitative estimate of drug-likeness (QED) is 0.851. The summed E-state index contributed by atoms with van der Waals surface area (Å²) in [5.74, 6) is 0.0341. The largest absolute Gasteiger partial charge is 0.472 e. The van der Waals surface area contributed by atoms with Gasteiger partial charge in [0.1, 0.15) is 0 Å². The Bertz CT molecular complexity index is 520. The van der Waals surface area contributed by atoms with Gasteiger partial charge in [-0.05, 0) is 32.0 Å². The number of aryl methyl sites for hydroxylation is 1. The normalized spacial score (nSPS) is 12.1. The number of benzene rings is 1. The number of amides is 1. The fraction of sp³-hybridized carbons (Fsp3) is 0.267. The Morgan fingerprint density at radius 1 is 1.32 bits per heavy atom. The summed E-state index contributed by atoms with van der Waals surface area (Å²) in [6.45, 7) is 4.47. The molecule has 0 fully saturated rings. The van der Waals surface area contributed by atoms with Gasteiger partial charge in [0.15, 0.2) is 0 Å². The van der Waals surface area contributed by atoms with Gasteiger partial charge in [-0.3, -0.25) is 4.79 Å². The van der Waals surface area contributed by atoms with Gasteiger partial charge in [0, 0.05) is 17.0 Å². The van der Waals surface area contributed by atoms with Crippen LogP contribution in [-0.4, -0.2) is 11.2 Å². The Balaban J connectivity index is 1.83. The molecule has 0 bridgehead atoms. The maximum absolute atomic E-state index is 11.9. The smallest absolute Gasteiger partial charge is 0.233 e. The first kappa shape index (κ1) is 13.7. The molecule has 0 aliphatic rings. The van der Waals surface area contributed by atoms with Gasteiger partial charge in [-0.25, -0.2) is 0 Å². The molecule has 2 rings (SSSR count). The van der Waals surface area contributed by atoms with Crippen molar-refractivity contribution < 1.29 is 9.21 Å². The summed E-state index contributed by atoms with van der Waals surface area (Å²) in [6.07, 6.45) is 3.24. The third kappa shape index (κ3) is 4.17. The topological polar surface area (TPSA) is 42.2 Å². The third-order valence-electron chi connectivity index (χ3n) is 2.75. The Morgan fingerprint density at radius 2 is 2.05 bits per heavy atom. The molecule has 2 aromatic rings. The molecule has 1 unspecified atom stereocenters. The standard InChI is InChI=1S/C15H17NO2S/c1-11-3-5-14(6-4-11)19-12(2)15(17)16-9-13-7-8-18-10-13/h3-8,10,12H,9H2,1-2H3,(H,16,17). The molecule has 3 nitrogen and oxygen atoms in total. The van der Waals surface area contributed by atoms with E-state index in [0.717, 1.165) is 10.5 Å². The molecule has 0 aliphatic carbocycles. The van der Waals surface area contributed by atoms with Crippen LogP contribution >= 0.6 is 11.8 Å². The molecule has 1 amide bonds. The second kappa shape index (κ2) is 6.48. The minimum atomic E-state index is -0.116. The average molecular weight is 275 g/mol. The van der Waals surface area contributed by atoms with E-state index in [0.29, 0.717) is 6.54 Å². The lowest BCUT2D eigenvalue weighted by molar-refractivity contribution is -0.120. The highest BCUT2D eigenvalue weighted by Crippen LogP contribution is 2.23. The highest BCUT2D eigenvalue weighted by atomic mass is 32.2. The van der Waals surface area contributed by atoms with Crippen molar-refractivity contribution in [3.63, 3.8) is 0 Å². The molecule has 1 aromatic carbocycles. The molecule has 1 aromatic heterocycles. The van der Waals surface area contributed by atoms with E-state index in [1.165, 1.54) is 5.56 Å².